The van der Waals surface area contributed by atoms with Crippen LogP contribution in [-0.4, -0.2) is 33.6 Å². The highest BCUT2D eigenvalue weighted by atomic mass is 35.5. The molecule has 0 saturated heterocycles. The van der Waals surface area contributed by atoms with E-state index in [9.17, 15) is 22.8 Å². The van der Waals surface area contributed by atoms with Crippen LogP contribution >= 0.6 is 34.8 Å². The summed E-state index contributed by atoms with van der Waals surface area (Å²) in [6, 6.07) is 11.4. The molecule has 1 aromatic heterocycles. The van der Waals surface area contributed by atoms with Crippen molar-refractivity contribution in [3.05, 3.63) is 97.7 Å². The Morgan fingerprint density at radius 3 is 2.33 bits per heavy atom. The van der Waals surface area contributed by atoms with Crippen molar-refractivity contribution in [1.82, 2.24) is 9.88 Å². The van der Waals surface area contributed by atoms with E-state index in [1.54, 1.807) is 25.1 Å². The molecule has 0 N–H and O–H groups in total. The number of oxime groups is 1. The lowest BCUT2D eigenvalue weighted by molar-refractivity contribution is -0.275. The Bertz CT molecular complexity index is 1500. The molecule has 1 aliphatic carbocycles. The van der Waals surface area contributed by atoms with Crippen molar-refractivity contribution in [2.75, 3.05) is 0 Å². The molecule has 2 heterocycles. The predicted molar refractivity (Wildman–Crippen MR) is 144 cm³/mol. The number of halogens is 6. The number of imide groups is 1. The summed E-state index contributed by atoms with van der Waals surface area (Å²) in [5.41, 5.74) is -1.34. The fraction of sp³-hybridized carbons (Fsp3) is 0.286. The molecule has 3 aromatic rings. The van der Waals surface area contributed by atoms with Crippen molar-refractivity contribution in [2.45, 2.75) is 44.5 Å². The molecule has 40 heavy (non-hydrogen) atoms. The first-order valence-corrected chi connectivity index (χ1v) is 13.4. The second-order valence-corrected chi connectivity index (χ2v) is 11.1. The zero-order valence-electron chi connectivity index (χ0n) is 20.9. The quantitative estimate of drug-likeness (QED) is 0.214. The summed E-state index contributed by atoms with van der Waals surface area (Å²) < 4.78 is 43.1. The molecule has 1 atom stereocenters. The first-order valence-electron chi connectivity index (χ1n) is 12.2. The van der Waals surface area contributed by atoms with Gasteiger partial charge >= 0.3 is 6.18 Å². The summed E-state index contributed by atoms with van der Waals surface area (Å²) in [5.74, 6) is -1.02. The number of hydrogen-bond donors (Lipinski definition) is 0. The predicted octanol–water partition coefficient (Wildman–Crippen LogP) is 7.51. The Kier molecular flexibility index (Phi) is 7.58. The molecule has 0 radical (unpaired) electrons. The Morgan fingerprint density at radius 2 is 1.75 bits per heavy atom. The molecule has 1 unspecified atom stereocenters. The molecule has 208 valence electrons. The van der Waals surface area contributed by atoms with Gasteiger partial charge in [-0.15, -0.1) is 0 Å². The highest BCUT2D eigenvalue weighted by molar-refractivity contribution is 6.34. The molecule has 0 spiro atoms. The van der Waals surface area contributed by atoms with Crippen molar-refractivity contribution in [3.8, 4) is 0 Å². The molecule has 2 aliphatic rings. The average Bonchev–Trinajstić information content (AvgIpc) is 3.63. The average molecular weight is 611 g/mol. The topological polar surface area (TPSA) is 71.9 Å². The summed E-state index contributed by atoms with van der Waals surface area (Å²) in [7, 11) is 0. The van der Waals surface area contributed by atoms with Crippen LogP contribution in [0.4, 0.5) is 13.2 Å². The van der Waals surface area contributed by atoms with Crippen LogP contribution in [-0.2, 0) is 21.8 Å². The second kappa shape index (κ2) is 10.7. The van der Waals surface area contributed by atoms with E-state index in [1.165, 1.54) is 29.3 Å². The van der Waals surface area contributed by atoms with E-state index in [0.29, 0.717) is 29.5 Å². The van der Waals surface area contributed by atoms with Gasteiger partial charge in [-0.25, -0.2) is 4.98 Å². The molecule has 12 heteroatoms. The van der Waals surface area contributed by atoms with Crippen molar-refractivity contribution in [2.24, 2.45) is 11.1 Å². The number of carbonyl (C=O) groups excluding carboxylic acids is 2. The molecule has 2 aromatic carbocycles. The fourth-order valence-corrected chi connectivity index (χ4v) is 5.19. The van der Waals surface area contributed by atoms with Gasteiger partial charge in [0.25, 0.3) is 11.5 Å². The van der Waals surface area contributed by atoms with Crippen LogP contribution < -0.4 is 0 Å². The standard InChI is InChI=1S/C28H21Cl3F3N3O3/c1-15-8-18(23-12-27(40-36-23,28(32,33)34)19-9-20(29)11-21(30)10-19)5-6-22(15)26(39)37(25(38)17-3-4-17)14-16-2-7-24(31)35-13-16/h2,5-11,13,17H,3-4,12,14H2,1H3. The maximum absolute atomic E-state index is 14.4. The lowest BCUT2D eigenvalue weighted by atomic mass is 9.86. The van der Waals surface area contributed by atoms with Gasteiger partial charge < -0.3 is 4.84 Å². The molecule has 5 rings (SSSR count). The van der Waals surface area contributed by atoms with Gasteiger partial charge in [-0.1, -0.05) is 52.1 Å². The highest BCUT2D eigenvalue weighted by Gasteiger charge is 2.62. The normalized spacial score (nSPS) is 18.7. The molecule has 2 amide bonds. The minimum Gasteiger partial charge on any atom is -0.374 e. The minimum atomic E-state index is -4.84. The number of amides is 2. The highest BCUT2D eigenvalue weighted by Crippen LogP contribution is 2.49. The van der Waals surface area contributed by atoms with Crippen molar-refractivity contribution in [1.29, 1.82) is 0 Å². The van der Waals surface area contributed by atoms with Gasteiger partial charge in [-0.2, -0.15) is 13.2 Å². The van der Waals surface area contributed by atoms with Gasteiger partial charge in [-0.3, -0.25) is 14.5 Å². The Labute approximate surface area is 242 Å². The number of alkyl halides is 3. The summed E-state index contributed by atoms with van der Waals surface area (Å²) in [6.07, 6.45) is -2.56. The van der Waals surface area contributed by atoms with E-state index in [2.05, 4.69) is 10.1 Å². The number of rotatable bonds is 6. The van der Waals surface area contributed by atoms with Crippen molar-refractivity contribution >= 4 is 52.3 Å². The maximum atomic E-state index is 14.4. The fourth-order valence-electron chi connectivity index (χ4n) is 4.56. The van der Waals surface area contributed by atoms with Gasteiger partial charge in [0.2, 0.25) is 5.91 Å². The van der Waals surface area contributed by atoms with Gasteiger partial charge in [0, 0.05) is 39.7 Å². The van der Waals surface area contributed by atoms with E-state index < -0.39 is 24.1 Å². The smallest absolute Gasteiger partial charge is 0.374 e. The Hall–Kier alpha value is -3.14. The molecule has 6 nitrogen and oxygen atoms in total. The monoisotopic (exact) mass is 609 g/mol. The lowest BCUT2D eigenvalue weighted by Crippen LogP contribution is -2.42. The van der Waals surface area contributed by atoms with Crippen LogP contribution in [0.25, 0.3) is 0 Å². The van der Waals surface area contributed by atoms with E-state index in [-0.39, 0.29) is 50.4 Å². The van der Waals surface area contributed by atoms with Gasteiger partial charge in [0.1, 0.15) is 5.15 Å². The van der Waals surface area contributed by atoms with Gasteiger partial charge in [-0.05, 0) is 72.9 Å². The maximum Gasteiger partial charge on any atom is 0.435 e. The van der Waals surface area contributed by atoms with Crippen molar-refractivity contribution in [3.63, 3.8) is 0 Å². The second-order valence-electron chi connectivity index (χ2n) is 9.81. The largest absolute Gasteiger partial charge is 0.435 e. The van der Waals surface area contributed by atoms with E-state index in [1.807, 2.05) is 0 Å². The number of nitrogens with zero attached hydrogens (tertiary/aromatic N) is 3. The number of aryl methyl sites for hydroxylation is 1. The molecule has 0 bridgehead atoms. The zero-order valence-corrected chi connectivity index (χ0v) is 23.2. The van der Waals surface area contributed by atoms with Crippen LogP contribution in [0.3, 0.4) is 0 Å². The van der Waals surface area contributed by atoms with Gasteiger partial charge in [0.15, 0.2) is 0 Å². The first kappa shape index (κ1) is 28.4. The van der Waals surface area contributed by atoms with Gasteiger partial charge in [0.05, 0.1) is 12.3 Å². The van der Waals surface area contributed by atoms with E-state index >= 15 is 0 Å². The number of hydrogen-bond acceptors (Lipinski definition) is 5. The van der Waals surface area contributed by atoms with Crippen molar-refractivity contribution < 1.29 is 27.6 Å². The van der Waals surface area contributed by atoms with Crippen LogP contribution in [0.2, 0.25) is 15.2 Å². The number of pyridine rings is 1. The van der Waals surface area contributed by atoms with E-state index in [4.69, 9.17) is 39.6 Å². The van der Waals surface area contributed by atoms with Crippen LogP contribution in [0.5, 0.6) is 0 Å². The number of benzene rings is 2. The summed E-state index contributed by atoms with van der Waals surface area (Å²) >= 11 is 17.8. The lowest BCUT2D eigenvalue weighted by Gasteiger charge is -2.29. The van der Waals surface area contributed by atoms with Crippen LogP contribution in [0.15, 0.2) is 59.9 Å². The SMILES string of the molecule is Cc1cc(C2=NOC(c3cc(Cl)cc(Cl)c3)(C(F)(F)F)C2)ccc1C(=O)N(Cc1ccc(Cl)nc1)C(=O)C1CC1. The Balaban J connectivity index is 1.42. The third-order valence-electron chi connectivity index (χ3n) is 6.87. The summed E-state index contributed by atoms with van der Waals surface area (Å²) in [5, 5.41) is 4.12. The molecule has 1 saturated carbocycles. The molecule has 1 fully saturated rings. The zero-order chi connectivity index (χ0) is 28.8. The third kappa shape index (κ3) is 5.55. The summed E-state index contributed by atoms with van der Waals surface area (Å²) in [6.45, 7) is 1.65. The van der Waals surface area contributed by atoms with Crippen LogP contribution in [0, 0.1) is 12.8 Å². The summed E-state index contributed by atoms with van der Waals surface area (Å²) in [4.78, 5) is 36.8. The van der Waals surface area contributed by atoms with E-state index in [0.717, 1.165) is 12.1 Å². The number of aromatic nitrogens is 1. The molecule has 1 aliphatic heterocycles. The number of carbonyl (C=O) groups is 2. The molecular formula is C28H21Cl3F3N3O3. The Morgan fingerprint density at radius 1 is 1.05 bits per heavy atom. The first-order chi connectivity index (χ1) is 18.9. The van der Waals surface area contributed by atoms with Crippen LogP contribution in [0.1, 0.15) is 51.9 Å². The minimum absolute atomic E-state index is 0.0103. The third-order valence-corrected chi connectivity index (χ3v) is 7.53. The molecular weight excluding hydrogens is 590 g/mol.